The number of aliphatic hydroxyl groups is 1. The standard InChI is InChI=1S/C16H34N4O2/c1-13(2)10-20-8-6-7-14(20)9-17-15(21)18-11-16(3,22)12-19(4)5/h13-14,22H,6-12H2,1-5H3,(H2,17,18,21)/t14-,16?/m0/s1. The third kappa shape index (κ3) is 7.42. The molecule has 0 aromatic rings. The largest absolute Gasteiger partial charge is 0.387 e. The molecule has 0 saturated carbocycles. The molecule has 0 aromatic heterocycles. The van der Waals surface area contributed by atoms with E-state index in [0.717, 1.165) is 19.5 Å². The Bertz CT molecular complexity index is 345. The summed E-state index contributed by atoms with van der Waals surface area (Å²) in [4.78, 5) is 16.3. The van der Waals surface area contributed by atoms with Crippen LogP contribution in [0.15, 0.2) is 0 Å². The molecule has 0 bridgehead atoms. The van der Waals surface area contributed by atoms with E-state index in [1.54, 1.807) is 6.92 Å². The Kier molecular flexibility index (Phi) is 7.59. The molecule has 6 heteroatoms. The minimum atomic E-state index is -0.919. The van der Waals surface area contributed by atoms with E-state index in [9.17, 15) is 9.90 Å². The normalized spacial score (nSPS) is 22.1. The van der Waals surface area contributed by atoms with Gasteiger partial charge in [0, 0.05) is 32.2 Å². The first-order chi connectivity index (χ1) is 10.2. The monoisotopic (exact) mass is 314 g/mol. The number of hydrogen-bond acceptors (Lipinski definition) is 4. The van der Waals surface area contributed by atoms with Crippen LogP contribution in [0.4, 0.5) is 4.79 Å². The van der Waals surface area contributed by atoms with Gasteiger partial charge in [0.2, 0.25) is 0 Å². The quantitative estimate of drug-likeness (QED) is 0.617. The Hall–Kier alpha value is -0.850. The van der Waals surface area contributed by atoms with Crippen LogP contribution in [-0.2, 0) is 0 Å². The van der Waals surface area contributed by atoms with E-state index >= 15 is 0 Å². The van der Waals surface area contributed by atoms with Crippen LogP contribution >= 0.6 is 0 Å². The fourth-order valence-corrected chi connectivity index (χ4v) is 3.12. The fourth-order valence-electron chi connectivity index (χ4n) is 3.12. The summed E-state index contributed by atoms with van der Waals surface area (Å²) < 4.78 is 0. The van der Waals surface area contributed by atoms with Crippen molar-refractivity contribution in [1.29, 1.82) is 0 Å². The molecule has 1 saturated heterocycles. The number of carbonyl (C=O) groups excluding carboxylic acids is 1. The zero-order valence-electron chi connectivity index (χ0n) is 14.9. The molecule has 1 aliphatic rings. The third-order valence-corrected chi connectivity index (χ3v) is 3.88. The SMILES string of the molecule is CC(C)CN1CCC[C@H]1CNC(=O)NCC(C)(O)CN(C)C. The van der Waals surface area contributed by atoms with Gasteiger partial charge in [-0.05, 0) is 46.3 Å². The van der Waals surface area contributed by atoms with Gasteiger partial charge in [0.15, 0.2) is 0 Å². The molecule has 1 heterocycles. The number of likely N-dealkylation sites (N-methyl/N-ethyl adjacent to an activating group) is 1. The summed E-state index contributed by atoms with van der Waals surface area (Å²) in [5.74, 6) is 0.649. The van der Waals surface area contributed by atoms with Gasteiger partial charge in [-0.25, -0.2) is 4.79 Å². The van der Waals surface area contributed by atoms with Crippen LogP contribution < -0.4 is 10.6 Å². The number of rotatable bonds is 8. The summed E-state index contributed by atoms with van der Waals surface area (Å²) in [5, 5.41) is 15.9. The minimum Gasteiger partial charge on any atom is -0.387 e. The van der Waals surface area contributed by atoms with Crippen LogP contribution in [0.2, 0.25) is 0 Å². The summed E-state index contributed by atoms with van der Waals surface area (Å²) >= 11 is 0. The van der Waals surface area contributed by atoms with Gasteiger partial charge in [0.25, 0.3) is 0 Å². The summed E-state index contributed by atoms with van der Waals surface area (Å²) in [5.41, 5.74) is -0.919. The molecule has 22 heavy (non-hydrogen) atoms. The second kappa shape index (κ2) is 8.70. The van der Waals surface area contributed by atoms with Gasteiger partial charge in [-0.1, -0.05) is 13.8 Å². The Morgan fingerprint density at radius 1 is 1.41 bits per heavy atom. The molecule has 0 radical (unpaired) electrons. The van der Waals surface area contributed by atoms with Gasteiger partial charge in [0.05, 0.1) is 5.60 Å². The Morgan fingerprint density at radius 2 is 2.09 bits per heavy atom. The first kappa shape index (κ1) is 19.2. The van der Waals surface area contributed by atoms with Gasteiger partial charge in [-0.2, -0.15) is 0 Å². The van der Waals surface area contributed by atoms with Gasteiger partial charge >= 0.3 is 6.03 Å². The van der Waals surface area contributed by atoms with Crippen molar-refractivity contribution in [3.63, 3.8) is 0 Å². The molecule has 1 rings (SSSR count). The van der Waals surface area contributed by atoms with Crippen LogP contribution in [0.25, 0.3) is 0 Å². The van der Waals surface area contributed by atoms with Crippen LogP contribution in [0.3, 0.4) is 0 Å². The number of carbonyl (C=O) groups is 1. The highest BCUT2D eigenvalue weighted by molar-refractivity contribution is 5.73. The predicted molar refractivity (Wildman–Crippen MR) is 90.0 cm³/mol. The van der Waals surface area contributed by atoms with Gasteiger partial charge in [-0.15, -0.1) is 0 Å². The maximum absolute atomic E-state index is 11.9. The number of urea groups is 1. The highest BCUT2D eigenvalue weighted by Crippen LogP contribution is 2.17. The molecule has 130 valence electrons. The Balaban J connectivity index is 2.28. The zero-order chi connectivity index (χ0) is 16.8. The summed E-state index contributed by atoms with van der Waals surface area (Å²) in [6, 6.07) is 0.242. The molecule has 0 aromatic carbocycles. The molecule has 0 spiro atoms. The van der Waals surface area contributed by atoms with Crippen molar-refractivity contribution >= 4 is 6.03 Å². The van der Waals surface area contributed by atoms with Crippen molar-refractivity contribution in [2.75, 3.05) is 46.8 Å². The van der Waals surface area contributed by atoms with Crippen LogP contribution in [-0.4, -0.2) is 79.4 Å². The first-order valence-corrected chi connectivity index (χ1v) is 8.32. The molecule has 1 unspecified atom stereocenters. The molecule has 1 aliphatic heterocycles. The third-order valence-electron chi connectivity index (χ3n) is 3.88. The van der Waals surface area contributed by atoms with Crippen molar-refractivity contribution < 1.29 is 9.90 Å². The average molecular weight is 314 g/mol. The lowest BCUT2D eigenvalue weighted by Gasteiger charge is -2.28. The maximum Gasteiger partial charge on any atom is 0.314 e. The number of nitrogens with zero attached hydrogens (tertiary/aromatic N) is 2. The molecule has 2 amide bonds. The minimum absolute atomic E-state index is 0.199. The van der Waals surface area contributed by atoms with Crippen molar-refractivity contribution in [1.82, 2.24) is 20.4 Å². The van der Waals surface area contributed by atoms with Crippen molar-refractivity contribution in [3.8, 4) is 0 Å². The molecule has 1 fully saturated rings. The van der Waals surface area contributed by atoms with Crippen molar-refractivity contribution in [2.45, 2.75) is 45.3 Å². The number of nitrogens with one attached hydrogen (secondary N) is 2. The Labute approximate surface area is 135 Å². The zero-order valence-corrected chi connectivity index (χ0v) is 14.9. The fraction of sp³-hybridized carbons (Fsp3) is 0.938. The van der Waals surface area contributed by atoms with Crippen molar-refractivity contribution in [3.05, 3.63) is 0 Å². The molecule has 6 nitrogen and oxygen atoms in total. The molecule has 3 N–H and O–H groups in total. The number of amides is 2. The lowest BCUT2D eigenvalue weighted by molar-refractivity contribution is 0.0360. The Morgan fingerprint density at radius 3 is 2.68 bits per heavy atom. The van der Waals surface area contributed by atoms with Crippen LogP contribution in [0.1, 0.15) is 33.6 Å². The van der Waals surface area contributed by atoms with Gasteiger partial charge < -0.3 is 20.6 Å². The van der Waals surface area contributed by atoms with Crippen LogP contribution in [0.5, 0.6) is 0 Å². The molecule has 2 atom stereocenters. The van der Waals surface area contributed by atoms with E-state index in [2.05, 4.69) is 29.4 Å². The maximum atomic E-state index is 11.9. The molecule has 0 aliphatic carbocycles. The lowest BCUT2D eigenvalue weighted by Crippen LogP contribution is -2.51. The molecular weight excluding hydrogens is 280 g/mol. The van der Waals surface area contributed by atoms with E-state index in [-0.39, 0.29) is 12.6 Å². The van der Waals surface area contributed by atoms with E-state index < -0.39 is 5.60 Å². The van der Waals surface area contributed by atoms with E-state index in [0.29, 0.717) is 25.0 Å². The van der Waals surface area contributed by atoms with E-state index in [4.69, 9.17) is 0 Å². The molecular formula is C16H34N4O2. The highest BCUT2D eigenvalue weighted by atomic mass is 16.3. The number of likely N-dealkylation sites (tertiary alicyclic amines) is 1. The second-order valence-electron chi connectivity index (χ2n) is 7.48. The van der Waals surface area contributed by atoms with Gasteiger partial charge in [-0.3, -0.25) is 4.90 Å². The predicted octanol–water partition coefficient (Wildman–Crippen LogP) is 0.719. The smallest absolute Gasteiger partial charge is 0.314 e. The summed E-state index contributed by atoms with van der Waals surface area (Å²) in [6.45, 7) is 9.83. The first-order valence-electron chi connectivity index (χ1n) is 8.32. The topological polar surface area (TPSA) is 67.8 Å². The summed E-state index contributed by atoms with van der Waals surface area (Å²) in [6.07, 6.45) is 2.35. The van der Waals surface area contributed by atoms with E-state index in [1.165, 1.54) is 6.42 Å². The van der Waals surface area contributed by atoms with Gasteiger partial charge in [0.1, 0.15) is 0 Å². The second-order valence-corrected chi connectivity index (χ2v) is 7.48. The summed E-state index contributed by atoms with van der Waals surface area (Å²) in [7, 11) is 3.80. The highest BCUT2D eigenvalue weighted by Gasteiger charge is 2.26. The number of hydrogen-bond donors (Lipinski definition) is 3. The average Bonchev–Trinajstić information content (AvgIpc) is 2.79. The van der Waals surface area contributed by atoms with Crippen molar-refractivity contribution in [2.24, 2.45) is 5.92 Å². The van der Waals surface area contributed by atoms with Crippen LogP contribution in [0, 0.1) is 5.92 Å². The van der Waals surface area contributed by atoms with E-state index in [1.807, 2.05) is 19.0 Å². The lowest BCUT2D eigenvalue weighted by atomic mass is 10.1.